The summed E-state index contributed by atoms with van der Waals surface area (Å²) in [5, 5.41) is 7.10. The quantitative estimate of drug-likeness (QED) is 0.837. The van der Waals surface area contributed by atoms with Crippen molar-refractivity contribution in [3.05, 3.63) is 24.0 Å². The number of hydrogen-bond acceptors (Lipinski definition) is 8. The SMILES string of the molecule is CC(C)c1noc([C@H](C)Nc2nccc(N3C(=O)OCC3C(C)C)n2)n1. The monoisotopic (exact) mass is 360 g/mol. The summed E-state index contributed by atoms with van der Waals surface area (Å²) in [5.74, 6) is 2.44. The number of nitrogens with one attached hydrogen (secondary N) is 1. The van der Waals surface area contributed by atoms with Crippen molar-refractivity contribution in [3.8, 4) is 0 Å². The summed E-state index contributed by atoms with van der Waals surface area (Å²) in [6.45, 7) is 10.3. The van der Waals surface area contributed by atoms with Gasteiger partial charge in [0.05, 0.1) is 6.04 Å². The molecule has 2 atom stereocenters. The lowest BCUT2D eigenvalue weighted by Crippen LogP contribution is -2.37. The van der Waals surface area contributed by atoms with Crippen LogP contribution in [-0.2, 0) is 4.74 Å². The Morgan fingerprint density at radius 3 is 2.65 bits per heavy atom. The highest BCUT2D eigenvalue weighted by Crippen LogP contribution is 2.26. The molecule has 1 aliphatic rings. The largest absolute Gasteiger partial charge is 0.447 e. The topological polar surface area (TPSA) is 106 Å². The normalized spacial score (nSPS) is 18.5. The van der Waals surface area contributed by atoms with Crippen molar-refractivity contribution in [3.63, 3.8) is 0 Å². The third-order valence-corrected chi connectivity index (χ3v) is 4.25. The van der Waals surface area contributed by atoms with Gasteiger partial charge in [0.15, 0.2) is 5.82 Å². The lowest BCUT2D eigenvalue weighted by Gasteiger charge is -2.23. The van der Waals surface area contributed by atoms with E-state index >= 15 is 0 Å². The van der Waals surface area contributed by atoms with Gasteiger partial charge in [0, 0.05) is 12.1 Å². The minimum Gasteiger partial charge on any atom is -0.447 e. The molecule has 140 valence electrons. The van der Waals surface area contributed by atoms with Crippen molar-refractivity contribution in [2.45, 2.75) is 52.6 Å². The highest BCUT2D eigenvalue weighted by Gasteiger charge is 2.37. The Morgan fingerprint density at radius 1 is 1.23 bits per heavy atom. The maximum absolute atomic E-state index is 12.1. The molecule has 1 saturated heterocycles. The average Bonchev–Trinajstić information content (AvgIpc) is 3.22. The van der Waals surface area contributed by atoms with Gasteiger partial charge in [0.25, 0.3) is 0 Å². The van der Waals surface area contributed by atoms with Crippen LogP contribution in [0.25, 0.3) is 0 Å². The maximum atomic E-state index is 12.1. The molecule has 0 aromatic carbocycles. The van der Waals surface area contributed by atoms with E-state index in [1.807, 2.05) is 34.6 Å². The summed E-state index contributed by atoms with van der Waals surface area (Å²) < 4.78 is 10.5. The molecule has 2 aromatic heterocycles. The van der Waals surface area contributed by atoms with Crippen LogP contribution in [0.4, 0.5) is 16.6 Å². The second kappa shape index (κ2) is 7.27. The van der Waals surface area contributed by atoms with Crippen molar-refractivity contribution < 1.29 is 14.1 Å². The fraction of sp³-hybridized carbons (Fsp3) is 0.588. The summed E-state index contributed by atoms with van der Waals surface area (Å²) in [6.07, 6.45) is 1.22. The molecule has 1 N–H and O–H groups in total. The van der Waals surface area contributed by atoms with Crippen LogP contribution < -0.4 is 10.2 Å². The zero-order valence-electron chi connectivity index (χ0n) is 15.6. The van der Waals surface area contributed by atoms with Crippen LogP contribution in [0.3, 0.4) is 0 Å². The lowest BCUT2D eigenvalue weighted by atomic mass is 10.0. The number of cyclic esters (lactones) is 1. The number of carbonyl (C=O) groups excluding carboxylic acids is 1. The van der Waals surface area contributed by atoms with E-state index in [4.69, 9.17) is 9.26 Å². The fourth-order valence-corrected chi connectivity index (χ4v) is 2.66. The van der Waals surface area contributed by atoms with E-state index in [9.17, 15) is 4.79 Å². The van der Waals surface area contributed by atoms with Gasteiger partial charge in [-0.15, -0.1) is 0 Å². The van der Waals surface area contributed by atoms with Crippen molar-refractivity contribution in [1.29, 1.82) is 0 Å². The number of amides is 1. The fourth-order valence-electron chi connectivity index (χ4n) is 2.66. The molecule has 2 aromatic rings. The summed E-state index contributed by atoms with van der Waals surface area (Å²) in [7, 11) is 0. The smallest absolute Gasteiger partial charge is 0.415 e. The van der Waals surface area contributed by atoms with Gasteiger partial charge in [-0.2, -0.15) is 9.97 Å². The first-order valence-corrected chi connectivity index (χ1v) is 8.76. The number of nitrogens with zero attached hydrogens (tertiary/aromatic N) is 5. The minimum atomic E-state index is -0.389. The standard InChI is InChI=1S/C17H24N6O3/c1-9(2)12-8-25-17(24)23(12)13-6-7-18-16(20-13)19-11(5)15-21-14(10(3)4)22-26-15/h6-7,9-12H,8H2,1-5H3,(H,18,19,20)/t11-,12?/m0/s1. The Morgan fingerprint density at radius 2 is 2.00 bits per heavy atom. The molecule has 9 heteroatoms. The van der Waals surface area contributed by atoms with Crippen molar-refractivity contribution in [1.82, 2.24) is 20.1 Å². The second-order valence-corrected chi connectivity index (χ2v) is 7.01. The Kier molecular flexibility index (Phi) is 5.06. The summed E-state index contributed by atoms with van der Waals surface area (Å²) in [6, 6.07) is 1.38. The predicted octanol–water partition coefficient (Wildman–Crippen LogP) is 3.14. The van der Waals surface area contributed by atoms with Crippen LogP contribution in [0, 0.1) is 5.92 Å². The molecule has 0 saturated carbocycles. The first-order valence-electron chi connectivity index (χ1n) is 8.76. The van der Waals surface area contributed by atoms with Crippen molar-refractivity contribution in [2.75, 3.05) is 16.8 Å². The molecule has 1 amide bonds. The van der Waals surface area contributed by atoms with Crippen LogP contribution in [0.15, 0.2) is 16.8 Å². The van der Waals surface area contributed by atoms with Crippen LogP contribution in [0.5, 0.6) is 0 Å². The molecule has 26 heavy (non-hydrogen) atoms. The second-order valence-electron chi connectivity index (χ2n) is 7.01. The van der Waals surface area contributed by atoms with E-state index < -0.39 is 0 Å². The average molecular weight is 360 g/mol. The Balaban J connectivity index is 1.77. The number of hydrogen-bond donors (Lipinski definition) is 1. The van der Waals surface area contributed by atoms with Gasteiger partial charge in [-0.25, -0.2) is 9.78 Å². The molecule has 3 heterocycles. The van der Waals surface area contributed by atoms with E-state index in [0.29, 0.717) is 30.1 Å². The molecule has 0 aliphatic carbocycles. The van der Waals surface area contributed by atoms with E-state index in [1.165, 1.54) is 0 Å². The van der Waals surface area contributed by atoms with Gasteiger partial charge in [-0.05, 0) is 18.9 Å². The number of rotatable bonds is 6. The summed E-state index contributed by atoms with van der Waals surface area (Å²) in [5.41, 5.74) is 0. The van der Waals surface area contributed by atoms with E-state index in [2.05, 4.69) is 25.4 Å². The Labute approximate surface area is 152 Å². The molecule has 1 aliphatic heterocycles. The summed E-state index contributed by atoms with van der Waals surface area (Å²) in [4.78, 5) is 26.7. The van der Waals surface area contributed by atoms with Gasteiger partial charge in [0.2, 0.25) is 11.8 Å². The molecule has 0 spiro atoms. The minimum absolute atomic E-state index is 0.0489. The van der Waals surface area contributed by atoms with E-state index in [1.54, 1.807) is 17.2 Å². The third-order valence-electron chi connectivity index (χ3n) is 4.25. The van der Waals surface area contributed by atoms with Crippen molar-refractivity contribution >= 4 is 17.9 Å². The van der Waals surface area contributed by atoms with Crippen LogP contribution >= 0.6 is 0 Å². The molecular weight excluding hydrogens is 336 g/mol. The molecule has 1 unspecified atom stereocenters. The highest BCUT2D eigenvalue weighted by molar-refractivity contribution is 5.89. The number of carbonyl (C=O) groups is 1. The molecule has 3 rings (SSSR count). The number of aromatic nitrogens is 4. The van der Waals surface area contributed by atoms with E-state index in [0.717, 1.165) is 0 Å². The third kappa shape index (κ3) is 3.61. The first kappa shape index (κ1) is 18.1. The maximum Gasteiger partial charge on any atom is 0.415 e. The molecule has 9 nitrogen and oxygen atoms in total. The van der Waals surface area contributed by atoms with E-state index in [-0.39, 0.29) is 30.0 Å². The van der Waals surface area contributed by atoms with Crippen molar-refractivity contribution in [2.24, 2.45) is 5.92 Å². The Hall–Kier alpha value is -2.71. The van der Waals surface area contributed by atoms with Gasteiger partial charge < -0.3 is 14.6 Å². The first-order chi connectivity index (χ1) is 12.4. The molecule has 0 radical (unpaired) electrons. The Bertz CT molecular complexity index is 775. The molecule has 1 fully saturated rings. The lowest BCUT2D eigenvalue weighted by molar-refractivity contribution is 0.177. The van der Waals surface area contributed by atoms with Gasteiger partial charge >= 0.3 is 6.09 Å². The zero-order chi connectivity index (χ0) is 18.8. The molecular formula is C17H24N6O3. The number of ether oxygens (including phenoxy) is 1. The highest BCUT2D eigenvalue weighted by atomic mass is 16.6. The van der Waals surface area contributed by atoms with Crippen LogP contribution in [0.1, 0.15) is 58.3 Å². The van der Waals surface area contributed by atoms with Gasteiger partial charge in [0.1, 0.15) is 18.5 Å². The van der Waals surface area contributed by atoms with Crippen LogP contribution in [-0.4, -0.2) is 38.9 Å². The zero-order valence-corrected chi connectivity index (χ0v) is 15.6. The van der Waals surface area contributed by atoms with Gasteiger partial charge in [-0.3, -0.25) is 4.90 Å². The van der Waals surface area contributed by atoms with Crippen LogP contribution in [0.2, 0.25) is 0 Å². The predicted molar refractivity (Wildman–Crippen MR) is 94.9 cm³/mol. The van der Waals surface area contributed by atoms with Gasteiger partial charge in [-0.1, -0.05) is 32.9 Å². The summed E-state index contributed by atoms with van der Waals surface area (Å²) >= 11 is 0. The number of anilines is 2. The molecule has 0 bridgehead atoms.